The minimum absolute atomic E-state index is 0.123. The number of hydrogen-bond donors (Lipinski definition) is 1. The van der Waals surface area contributed by atoms with Crippen LogP contribution in [0.25, 0.3) is 0 Å². The van der Waals surface area contributed by atoms with Crippen LogP contribution in [0.2, 0.25) is 0 Å². The summed E-state index contributed by atoms with van der Waals surface area (Å²) < 4.78 is 5.69. The van der Waals surface area contributed by atoms with Crippen molar-refractivity contribution in [3.8, 4) is 0 Å². The third-order valence-corrected chi connectivity index (χ3v) is 3.50. The van der Waals surface area contributed by atoms with Crippen molar-refractivity contribution >= 4 is 5.97 Å². The second-order valence-corrected chi connectivity index (χ2v) is 4.62. The molecule has 0 spiro atoms. The molecule has 0 aromatic heterocycles. The molecule has 3 atom stereocenters. The van der Waals surface area contributed by atoms with Crippen molar-refractivity contribution < 1.29 is 14.6 Å². The van der Waals surface area contributed by atoms with E-state index in [0.29, 0.717) is 6.61 Å². The van der Waals surface area contributed by atoms with Gasteiger partial charge in [0.15, 0.2) is 0 Å². The Labute approximate surface area is 101 Å². The Hall–Kier alpha value is -1.35. The molecule has 1 aromatic rings. The Balaban J connectivity index is 2.16. The molecular formula is C14H18O3. The van der Waals surface area contributed by atoms with Crippen LogP contribution in [0, 0.1) is 5.92 Å². The molecule has 1 aromatic carbocycles. The normalized spacial score (nSPS) is 26.4. The van der Waals surface area contributed by atoms with Crippen LogP contribution in [0.1, 0.15) is 31.2 Å². The van der Waals surface area contributed by atoms with Gasteiger partial charge in [-0.1, -0.05) is 37.3 Å². The number of carboxylic acid groups (broad SMARTS) is 1. The second kappa shape index (κ2) is 5.32. The van der Waals surface area contributed by atoms with Crippen LogP contribution < -0.4 is 0 Å². The zero-order valence-corrected chi connectivity index (χ0v) is 10.0. The second-order valence-electron chi connectivity index (χ2n) is 4.62. The number of benzene rings is 1. The maximum atomic E-state index is 11.2. The molecule has 1 heterocycles. The van der Waals surface area contributed by atoms with Crippen LogP contribution in [-0.2, 0) is 9.53 Å². The monoisotopic (exact) mass is 234 g/mol. The maximum absolute atomic E-state index is 11.2. The van der Waals surface area contributed by atoms with Crippen LogP contribution in [-0.4, -0.2) is 23.8 Å². The Morgan fingerprint density at radius 1 is 1.41 bits per heavy atom. The zero-order valence-electron chi connectivity index (χ0n) is 10.0. The first kappa shape index (κ1) is 12.1. The van der Waals surface area contributed by atoms with Gasteiger partial charge in [0.2, 0.25) is 0 Å². The molecule has 0 amide bonds. The molecule has 0 aliphatic carbocycles. The lowest BCUT2D eigenvalue weighted by Crippen LogP contribution is -2.38. The van der Waals surface area contributed by atoms with Crippen molar-refractivity contribution in [1.29, 1.82) is 0 Å². The van der Waals surface area contributed by atoms with Crippen LogP contribution in [0.3, 0.4) is 0 Å². The summed E-state index contributed by atoms with van der Waals surface area (Å²) in [5, 5.41) is 9.22. The third kappa shape index (κ3) is 2.67. The molecule has 0 radical (unpaired) electrons. The molecule has 0 saturated carbocycles. The summed E-state index contributed by atoms with van der Waals surface area (Å²) in [4.78, 5) is 11.2. The van der Waals surface area contributed by atoms with Gasteiger partial charge < -0.3 is 9.84 Å². The molecule has 92 valence electrons. The molecule has 1 aliphatic heterocycles. The first-order chi connectivity index (χ1) is 8.20. The van der Waals surface area contributed by atoms with E-state index < -0.39 is 5.97 Å². The van der Waals surface area contributed by atoms with E-state index in [1.165, 1.54) is 0 Å². The summed E-state index contributed by atoms with van der Waals surface area (Å²) in [5.74, 6) is -0.992. The van der Waals surface area contributed by atoms with Gasteiger partial charge in [-0.2, -0.15) is 0 Å². The van der Waals surface area contributed by atoms with Gasteiger partial charge in [-0.05, 0) is 18.4 Å². The van der Waals surface area contributed by atoms with E-state index in [9.17, 15) is 9.90 Å². The molecule has 3 heteroatoms. The average molecular weight is 234 g/mol. The van der Waals surface area contributed by atoms with Gasteiger partial charge in [0.25, 0.3) is 0 Å². The van der Waals surface area contributed by atoms with E-state index in [1.807, 2.05) is 37.3 Å². The van der Waals surface area contributed by atoms with Crippen molar-refractivity contribution in [2.45, 2.75) is 31.8 Å². The van der Waals surface area contributed by atoms with Gasteiger partial charge in [-0.25, -0.2) is 0 Å². The highest BCUT2D eigenvalue weighted by Gasteiger charge is 2.35. The highest BCUT2D eigenvalue weighted by molar-refractivity contribution is 5.71. The van der Waals surface area contributed by atoms with Gasteiger partial charge in [0, 0.05) is 12.5 Å². The number of aliphatic carboxylic acids is 1. The van der Waals surface area contributed by atoms with E-state index in [4.69, 9.17) is 4.74 Å². The highest BCUT2D eigenvalue weighted by atomic mass is 16.5. The van der Waals surface area contributed by atoms with Gasteiger partial charge in [-0.3, -0.25) is 4.79 Å². The van der Waals surface area contributed by atoms with E-state index in [2.05, 4.69) is 0 Å². The quantitative estimate of drug-likeness (QED) is 0.874. The smallest absolute Gasteiger partial charge is 0.309 e. The number of ether oxygens (including phenoxy) is 1. The topological polar surface area (TPSA) is 46.5 Å². The fourth-order valence-electron chi connectivity index (χ4n) is 2.51. The van der Waals surface area contributed by atoms with Crippen LogP contribution in [0.4, 0.5) is 0 Å². The fraction of sp³-hybridized carbons (Fsp3) is 0.500. The minimum Gasteiger partial charge on any atom is -0.481 e. The average Bonchev–Trinajstić information content (AvgIpc) is 2.39. The first-order valence-electron chi connectivity index (χ1n) is 6.09. The molecule has 0 bridgehead atoms. The number of rotatable bonds is 3. The first-order valence-corrected chi connectivity index (χ1v) is 6.09. The van der Waals surface area contributed by atoms with Gasteiger partial charge >= 0.3 is 5.97 Å². The predicted molar refractivity (Wildman–Crippen MR) is 65.0 cm³/mol. The summed E-state index contributed by atoms with van der Waals surface area (Å²) in [6, 6.07) is 9.98. The van der Waals surface area contributed by atoms with Gasteiger partial charge in [0.05, 0.1) is 12.0 Å². The lowest BCUT2D eigenvalue weighted by atomic mass is 9.83. The number of carbonyl (C=O) groups is 1. The third-order valence-electron chi connectivity index (χ3n) is 3.50. The lowest BCUT2D eigenvalue weighted by molar-refractivity contribution is -0.152. The molecule has 17 heavy (non-hydrogen) atoms. The van der Waals surface area contributed by atoms with Crippen molar-refractivity contribution in [3.05, 3.63) is 35.9 Å². The lowest BCUT2D eigenvalue weighted by Gasteiger charge is -2.33. The molecular weight excluding hydrogens is 216 g/mol. The summed E-state index contributed by atoms with van der Waals surface area (Å²) >= 11 is 0. The highest BCUT2D eigenvalue weighted by Crippen LogP contribution is 2.32. The standard InChI is InChI=1S/C14H18O3/c1-10(11-6-3-2-4-7-11)13-12(14(15)16)8-5-9-17-13/h2-4,6-7,10,12-13H,5,8-9H2,1H3,(H,15,16). The summed E-state index contributed by atoms with van der Waals surface area (Å²) in [5.41, 5.74) is 1.14. The van der Waals surface area contributed by atoms with Crippen LogP contribution in [0.5, 0.6) is 0 Å². The molecule has 1 N–H and O–H groups in total. The van der Waals surface area contributed by atoms with Crippen molar-refractivity contribution in [1.82, 2.24) is 0 Å². The zero-order chi connectivity index (χ0) is 12.3. The largest absolute Gasteiger partial charge is 0.481 e. The number of carboxylic acids is 1. The Bertz CT molecular complexity index is 374. The van der Waals surface area contributed by atoms with Crippen LogP contribution in [0.15, 0.2) is 30.3 Å². The Morgan fingerprint density at radius 3 is 2.76 bits per heavy atom. The maximum Gasteiger partial charge on any atom is 0.309 e. The van der Waals surface area contributed by atoms with E-state index in [-0.39, 0.29) is 17.9 Å². The number of hydrogen-bond acceptors (Lipinski definition) is 2. The molecule has 3 nitrogen and oxygen atoms in total. The molecule has 2 rings (SSSR count). The van der Waals surface area contributed by atoms with Crippen LogP contribution >= 0.6 is 0 Å². The molecule has 3 unspecified atom stereocenters. The molecule has 1 fully saturated rings. The van der Waals surface area contributed by atoms with E-state index >= 15 is 0 Å². The Kier molecular flexibility index (Phi) is 3.79. The molecule has 1 aliphatic rings. The molecule has 1 saturated heterocycles. The summed E-state index contributed by atoms with van der Waals surface area (Å²) in [6.45, 7) is 2.72. The SMILES string of the molecule is CC(c1ccccc1)C1OCCCC1C(=O)O. The van der Waals surface area contributed by atoms with E-state index in [1.54, 1.807) is 0 Å². The fourth-order valence-corrected chi connectivity index (χ4v) is 2.51. The van der Waals surface area contributed by atoms with Gasteiger partial charge in [0.1, 0.15) is 0 Å². The van der Waals surface area contributed by atoms with Crippen molar-refractivity contribution in [3.63, 3.8) is 0 Å². The minimum atomic E-state index is -0.738. The predicted octanol–water partition coefficient (Wildman–Crippen LogP) is 2.67. The Morgan fingerprint density at radius 2 is 2.12 bits per heavy atom. The van der Waals surface area contributed by atoms with Crippen molar-refractivity contribution in [2.75, 3.05) is 6.61 Å². The van der Waals surface area contributed by atoms with E-state index in [0.717, 1.165) is 18.4 Å². The van der Waals surface area contributed by atoms with Gasteiger partial charge in [-0.15, -0.1) is 0 Å². The summed E-state index contributed by atoms with van der Waals surface area (Å²) in [7, 11) is 0. The van der Waals surface area contributed by atoms with Crippen molar-refractivity contribution in [2.24, 2.45) is 5.92 Å². The summed E-state index contributed by atoms with van der Waals surface area (Å²) in [6.07, 6.45) is 1.36.